The molecule has 2 amide bonds. The molecule has 2 fully saturated rings. The van der Waals surface area contributed by atoms with Crippen LogP contribution < -0.4 is 4.90 Å². The Morgan fingerprint density at radius 3 is 2.21 bits per heavy atom. The summed E-state index contributed by atoms with van der Waals surface area (Å²) in [4.78, 5) is 44.5. The van der Waals surface area contributed by atoms with Crippen LogP contribution in [0.1, 0.15) is 27.5 Å². The Balaban J connectivity index is 1.50. The summed E-state index contributed by atoms with van der Waals surface area (Å²) >= 11 is 3.41. The van der Waals surface area contributed by atoms with E-state index in [9.17, 15) is 14.4 Å². The van der Waals surface area contributed by atoms with Gasteiger partial charge in [0.25, 0.3) is 0 Å². The maximum absolute atomic E-state index is 13.8. The molecule has 6 rings (SSSR count). The van der Waals surface area contributed by atoms with E-state index in [1.807, 2.05) is 59.6 Å². The predicted molar refractivity (Wildman–Crippen MR) is 128 cm³/mol. The van der Waals surface area contributed by atoms with Crippen LogP contribution in [0.25, 0.3) is 6.08 Å². The van der Waals surface area contributed by atoms with Crippen molar-refractivity contribution in [3.63, 3.8) is 0 Å². The highest BCUT2D eigenvalue weighted by Crippen LogP contribution is 2.53. The summed E-state index contributed by atoms with van der Waals surface area (Å²) in [5.41, 5.74) is 3.04. The van der Waals surface area contributed by atoms with Gasteiger partial charge in [-0.25, -0.2) is 4.90 Å². The fourth-order valence-electron chi connectivity index (χ4n) is 5.47. The average molecular weight is 499 g/mol. The van der Waals surface area contributed by atoms with Crippen molar-refractivity contribution in [2.75, 3.05) is 4.90 Å². The van der Waals surface area contributed by atoms with Gasteiger partial charge < -0.3 is 4.90 Å². The van der Waals surface area contributed by atoms with Crippen LogP contribution in [0.5, 0.6) is 0 Å². The smallest absolute Gasteiger partial charge is 0.240 e. The number of ketones is 1. The molecule has 3 aromatic rings. The summed E-state index contributed by atoms with van der Waals surface area (Å²) in [6, 6.07) is 22.9. The molecule has 0 spiro atoms. The normalized spacial score (nSPS) is 25.1. The van der Waals surface area contributed by atoms with Crippen molar-refractivity contribution in [2.24, 2.45) is 11.8 Å². The molecule has 3 aliphatic rings. The van der Waals surface area contributed by atoms with E-state index in [2.05, 4.69) is 15.9 Å². The molecule has 162 valence electrons. The van der Waals surface area contributed by atoms with Crippen LogP contribution in [0.3, 0.4) is 0 Å². The maximum atomic E-state index is 13.8. The second-order valence-corrected chi connectivity index (χ2v) is 9.47. The van der Waals surface area contributed by atoms with Crippen LogP contribution in [0.4, 0.5) is 5.69 Å². The molecule has 3 aromatic carbocycles. The molecule has 0 bridgehead atoms. The van der Waals surface area contributed by atoms with Crippen LogP contribution in [0.2, 0.25) is 0 Å². The van der Waals surface area contributed by atoms with Crippen molar-refractivity contribution in [3.05, 3.63) is 106 Å². The molecule has 3 aliphatic heterocycles. The van der Waals surface area contributed by atoms with Gasteiger partial charge >= 0.3 is 0 Å². The molecule has 5 nitrogen and oxygen atoms in total. The van der Waals surface area contributed by atoms with Crippen molar-refractivity contribution >= 4 is 45.3 Å². The Kier molecular flexibility index (Phi) is 4.59. The van der Waals surface area contributed by atoms with Gasteiger partial charge in [-0.2, -0.15) is 0 Å². The number of hydrogen-bond acceptors (Lipinski definition) is 4. The van der Waals surface area contributed by atoms with E-state index in [1.54, 1.807) is 36.4 Å². The predicted octanol–water partition coefficient (Wildman–Crippen LogP) is 4.85. The van der Waals surface area contributed by atoms with Gasteiger partial charge in [-0.1, -0.05) is 70.5 Å². The molecule has 33 heavy (non-hydrogen) atoms. The summed E-state index contributed by atoms with van der Waals surface area (Å²) in [6.07, 6.45) is 3.83. The minimum atomic E-state index is -0.755. The number of carbonyl (C=O) groups is 3. The zero-order valence-electron chi connectivity index (χ0n) is 17.5. The minimum absolute atomic E-state index is 0.153. The number of fused-ring (bicyclic) bond motifs is 5. The first kappa shape index (κ1) is 20.1. The lowest BCUT2D eigenvalue weighted by Crippen LogP contribution is -2.44. The van der Waals surface area contributed by atoms with E-state index < -0.39 is 17.9 Å². The largest absolute Gasteiger partial charge is 0.358 e. The van der Waals surface area contributed by atoms with Crippen molar-refractivity contribution < 1.29 is 14.4 Å². The summed E-state index contributed by atoms with van der Waals surface area (Å²) in [6.45, 7) is 0. The molecular weight excluding hydrogens is 480 g/mol. The van der Waals surface area contributed by atoms with Gasteiger partial charge in [0.1, 0.15) is 6.04 Å². The number of imide groups is 1. The first-order chi connectivity index (χ1) is 16.1. The van der Waals surface area contributed by atoms with E-state index in [4.69, 9.17) is 0 Å². The molecule has 0 saturated carbocycles. The number of anilines is 1. The number of para-hydroxylation sites is 1. The zero-order valence-corrected chi connectivity index (χ0v) is 19.1. The minimum Gasteiger partial charge on any atom is -0.358 e. The van der Waals surface area contributed by atoms with Crippen molar-refractivity contribution in [3.8, 4) is 0 Å². The molecule has 4 atom stereocenters. The second kappa shape index (κ2) is 7.52. The topological polar surface area (TPSA) is 57.7 Å². The number of benzene rings is 3. The fourth-order valence-corrected chi connectivity index (χ4v) is 5.74. The quantitative estimate of drug-likeness (QED) is 0.382. The lowest BCUT2D eigenvalue weighted by Gasteiger charge is -2.35. The Morgan fingerprint density at radius 2 is 1.45 bits per heavy atom. The lowest BCUT2D eigenvalue weighted by molar-refractivity contribution is -0.123. The first-order valence-electron chi connectivity index (χ1n) is 10.8. The van der Waals surface area contributed by atoms with Gasteiger partial charge in [0.15, 0.2) is 5.78 Å². The molecule has 0 N–H and O–H groups in total. The molecule has 0 aliphatic carbocycles. The molecule has 6 heteroatoms. The fraction of sp³-hybridized carbons (Fsp3) is 0.148. The van der Waals surface area contributed by atoms with Gasteiger partial charge in [0.05, 0.1) is 23.6 Å². The monoisotopic (exact) mass is 498 g/mol. The number of halogens is 1. The Hall–Kier alpha value is -3.51. The SMILES string of the molecule is O=C(c1ccc(Br)cc1)[C@H]1[C@H]2C(=O)N(c3ccccc3)C(=O)[C@H]2[C@@H]2c3ccccc3C=CN12. The highest BCUT2D eigenvalue weighted by Gasteiger charge is 2.64. The van der Waals surface area contributed by atoms with Gasteiger partial charge in [0, 0.05) is 16.2 Å². The third-order valence-electron chi connectivity index (χ3n) is 6.87. The number of nitrogens with zero attached hydrogens (tertiary/aromatic N) is 2. The summed E-state index contributed by atoms with van der Waals surface area (Å²) < 4.78 is 0.871. The number of carbonyl (C=O) groups excluding carboxylic acids is 3. The Morgan fingerprint density at radius 1 is 0.788 bits per heavy atom. The van der Waals surface area contributed by atoms with Crippen LogP contribution in [0.15, 0.2) is 89.5 Å². The van der Waals surface area contributed by atoms with E-state index in [-0.39, 0.29) is 23.6 Å². The number of amides is 2. The Labute approximate surface area is 199 Å². The molecule has 0 unspecified atom stereocenters. The molecular formula is C27H19BrN2O3. The third kappa shape index (κ3) is 2.94. The molecule has 0 radical (unpaired) electrons. The van der Waals surface area contributed by atoms with Gasteiger partial charge in [-0.3, -0.25) is 14.4 Å². The average Bonchev–Trinajstić information content (AvgIpc) is 3.32. The van der Waals surface area contributed by atoms with Gasteiger partial charge in [0.2, 0.25) is 11.8 Å². The molecule has 3 heterocycles. The maximum Gasteiger partial charge on any atom is 0.240 e. The highest BCUT2D eigenvalue weighted by atomic mass is 79.9. The summed E-state index contributed by atoms with van der Waals surface area (Å²) in [7, 11) is 0. The van der Waals surface area contributed by atoms with E-state index in [0.29, 0.717) is 11.3 Å². The standard InChI is InChI=1S/C27H19BrN2O3/c28-18-12-10-17(11-13-18)25(31)24-22-21(23-20-9-5-4-6-16(20)14-15-29(23)24)26(32)30(27(22)33)19-7-2-1-3-8-19/h1-15,21-24H/t21-,22+,23+,24-/m1/s1. The van der Waals surface area contributed by atoms with Crippen molar-refractivity contribution in [2.45, 2.75) is 12.1 Å². The van der Waals surface area contributed by atoms with E-state index in [0.717, 1.165) is 15.6 Å². The van der Waals surface area contributed by atoms with Crippen LogP contribution in [0, 0.1) is 11.8 Å². The lowest BCUT2D eigenvalue weighted by atomic mass is 9.83. The highest BCUT2D eigenvalue weighted by molar-refractivity contribution is 9.10. The summed E-state index contributed by atoms with van der Waals surface area (Å²) in [5.74, 6) is -2.10. The number of Topliss-reactive ketones (excluding diaryl/α,β-unsaturated/α-hetero) is 1. The first-order valence-corrected chi connectivity index (χ1v) is 11.6. The Bertz CT molecular complexity index is 1320. The van der Waals surface area contributed by atoms with E-state index >= 15 is 0 Å². The second-order valence-electron chi connectivity index (χ2n) is 8.55. The molecule has 0 aromatic heterocycles. The van der Waals surface area contributed by atoms with Crippen molar-refractivity contribution in [1.29, 1.82) is 0 Å². The van der Waals surface area contributed by atoms with Crippen molar-refractivity contribution in [1.82, 2.24) is 4.90 Å². The van der Waals surface area contributed by atoms with Crippen LogP contribution in [-0.4, -0.2) is 28.5 Å². The summed E-state index contributed by atoms with van der Waals surface area (Å²) in [5, 5.41) is 0. The third-order valence-corrected chi connectivity index (χ3v) is 7.40. The van der Waals surface area contributed by atoms with Gasteiger partial charge in [-0.15, -0.1) is 0 Å². The van der Waals surface area contributed by atoms with Gasteiger partial charge in [-0.05, 0) is 41.5 Å². The zero-order chi connectivity index (χ0) is 22.7. The van der Waals surface area contributed by atoms with Crippen LogP contribution in [-0.2, 0) is 9.59 Å². The number of hydrogen-bond donors (Lipinski definition) is 0. The molecule has 2 saturated heterocycles. The number of rotatable bonds is 3. The van der Waals surface area contributed by atoms with Crippen LogP contribution >= 0.6 is 15.9 Å². The van der Waals surface area contributed by atoms with E-state index in [1.165, 1.54) is 4.90 Å².